The summed E-state index contributed by atoms with van der Waals surface area (Å²) in [4.78, 5) is 31.6. The van der Waals surface area contributed by atoms with E-state index in [-0.39, 0.29) is 33.0 Å². The second-order valence-electron chi connectivity index (χ2n) is 7.74. The van der Waals surface area contributed by atoms with Gasteiger partial charge in [0, 0.05) is 10.6 Å². The summed E-state index contributed by atoms with van der Waals surface area (Å²) in [6.07, 6.45) is 1.49. The molecule has 2 aromatic carbocycles. The molecule has 0 aliphatic carbocycles. The molecule has 0 unspecified atom stereocenters. The normalized spacial score (nSPS) is 15.4. The van der Waals surface area contributed by atoms with Crippen LogP contribution in [-0.4, -0.2) is 36.5 Å². The number of hydrogen-bond donors (Lipinski definition) is 1. The van der Waals surface area contributed by atoms with E-state index in [9.17, 15) is 14.7 Å². The molecule has 36 heavy (non-hydrogen) atoms. The predicted octanol–water partition coefficient (Wildman–Crippen LogP) is 3.83. The molecule has 0 bridgehead atoms. The Morgan fingerprint density at radius 3 is 2.58 bits per heavy atom. The maximum absolute atomic E-state index is 13.7. The maximum Gasteiger partial charge on any atom is 0.338 e. The highest BCUT2D eigenvalue weighted by atomic mass is 35.5. The van der Waals surface area contributed by atoms with E-state index in [0.717, 1.165) is 11.3 Å². The molecule has 0 saturated heterocycles. The van der Waals surface area contributed by atoms with Gasteiger partial charge in [-0.1, -0.05) is 40.6 Å². The summed E-state index contributed by atoms with van der Waals surface area (Å²) in [7, 11) is 3.02. The van der Waals surface area contributed by atoms with Crippen LogP contribution in [-0.2, 0) is 9.53 Å². The molecular formula is C25H22Cl2N2O6S. The van der Waals surface area contributed by atoms with Crippen molar-refractivity contribution < 1.29 is 24.1 Å². The minimum atomic E-state index is -0.834. The Morgan fingerprint density at radius 2 is 1.92 bits per heavy atom. The number of benzene rings is 2. The summed E-state index contributed by atoms with van der Waals surface area (Å²) >= 11 is 13.3. The van der Waals surface area contributed by atoms with Crippen molar-refractivity contribution in [2.24, 2.45) is 4.99 Å². The van der Waals surface area contributed by atoms with Crippen LogP contribution in [0, 0.1) is 0 Å². The number of phenolic OH excluding ortho intramolecular Hbond substituents is 1. The van der Waals surface area contributed by atoms with Crippen LogP contribution >= 0.6 is 34.5 Å². The van der Waals surface area contributed by atoms with E-state index in [2.05, 4.69) is 4.99 Å². The molecule has 1 aliphatic rings. The Labute approximate surface area is 220 Å². The Morgan fingerprint density at radius 1 is 1.19 bits per heavy atom. The number of rotatable bonds is 6. The molecule has 4 rings (SSSR count). The first kappa shape index (κ1) is 25.8. The predicted molar refractivity (Wildman–Crippen MR) is 138 cm³/mol. The number of carbonyl (C=O) groups excluding carboxylic acids is 1. The molecule has 1 aliphatic heterocycles. The van der Waals surface area contributed by atoms with Crippen LogP contribution in [0.25, 0.3) is 6.08 Å². The summed E-state index contributed by atoms with van der Waals surface area (Å²) in [5, 5.41) is 10.8. The molecule has 1 atom stereocenters. The number of aromatic nitrogens is 1. The van der Waals surface area contributed by atoms with Crippen molar-refractivity contribution >= 4 is 46.6 Å². The lowest BCUT2D eigenvalue weighted by atomic mass is 9.95. The summed E-state index contributed by atoms with van der Waals surface area (Å²) in [5.41, 5.74) is 1.13. The zero-order valence-corrected chi connectivity index (χ0v) is 22.1. The quantitative estimate of drug-likeness (QED) is 0.470. The number of aromatic hydroxyl groups is 1. The van der Waals surface area contributed by atoms with Crippen molar-refractivity contribution in [3.63, 3.8) is 0 Å². The van der Waals surface area contributed by atoms with Gasteiger partial charge in [-0.15, -0.1) is 0 Å². The van der Waals surface area contributed by atoms with Gasteiger partial charge in [-0.05, 0) is 49.8 Å². The second kappa shape index (κ2) is 10.4. The van der Waals surface area contributed by atoms with Gasteiger partial charge in [-0.25, -0.2) is 9.79 Å². The fourth-order valence-corrected chi connectivity index (χ4v) is 5.51. The number of fused-ring (bicyclic) bond motifs is 1. The van der Waals surface area contributed by atoms with Crippen LogP contribution < -0.4 is 24.4 Å². The van der Waals surface area contributed by atoms with Crippen LogP contribution in [0.5, 0.6) is 17.2 Å². The van der Waals surface area contributed by atoms with Gasteiger partial charge in [-0.2, -0.15) is 0 Å². The molecule has 1 N–H and O–H groups in total. The van der Waals surface area contributed by atoms with Crippen molar-refractivity contribution in [1.29, 1.82) is 0 Å². The molecule has 0 radical (unpaired) electrons. The van der Waals surface area contributed by atoms with Gasteiger partial charge in [-0.3, -0.25) is 9.36 Å². The highest BCUT2D eigenvalue weighted by molar-refractivity contribution is 7.07. The van der Waals surface area contributed by atoms with E-state index in [0.29, 0.717) is 32.6 Å². The standard InChI is InChI=1S/C25H22Cl2N2O6S/c1-5-35-24(32)20-12(2)28-25-29(21(20)13-6-7-17(33-3)18(9-13)34-4)23(31)19(36-25)10-14-8-15(26)11-16(27)22(14)30/h6-11,21,30H,5H2,1-4H3/t21-/m0/s1. The smallest absolute Gasteiger partial charge is 0.338 e. The summed E-state index contributed by atoms with van der Waals surface area (Å²) in [6.45, 7) is 3.56. The number of halogens is 2. The molecule has 0 spiro atoms. The largest absolute Gasteiger partial charge is 0.506 e. The van der Waals surface area contributed by atoms with Crippen molar-refractivity contribution in [3.8, 4) is 17.2 Å². The lowest BCUT2D eigenvalue weighted by Gasteiger charge is -2.25. The molecule has 0 fully saturated rings. The SMILES string of the molecule is CCOC(=O)C1=C(C)N=c2sc(=Cc3cc(Cl)cc(Cl)c3O)c(=O)n2[C@H]1c1ccc(OC)c(OC)c1. The van der Waals surface area contributed by atoms with E-state index < -0.39 is 17.6 Å². The number of nitrogens with zero attached hydrogens (tertiary/aromatic N) is 2. The van der Waals surface area contributed by atoms with Gasteiger partial charge in [0.15, 0.2) is 16.3 Å². The number of phenols is 1. The number of allylic oxidation sites excluding steroid dienone is 1. The van der Waals surface area contributed by atoms with Gasteiger partial charge >= 0.3 is 5.97 Å². The van der Waals surface area contributed by atoms with Crippen molar-refractivity contribution in [3.05, 3.63) is 82.5 Å². The van der Waals surface area contributed by atoms with Gasteiger partial charge < -0.3 is 19.3 Å². The lowest BCUT2D eigenvalue weighted by molar-refractivity contribution is -0.139. The Bertz CT molecular complexity index is 1570. The van der Waals surface area contributed by atoms with Crippen LogP contribution in [0.1, 0.15) is 31.0 Å². The van der Waals surface area contributed by atoms with Crippen LogP contribution in [0.3, 0.4) is 0 Å². The van der Waals surface area contributed by atoms with E-state index in [1.807, 2.05) is 0 Å². The first-order chi connectivity index (χ1) is 17.2. The van der Waals surface area contributed by atoms with Gasteiger partial charge in [0.25, 0.3) is 5.56 Å². The highest BCUT2D eigenvalue weighted by Crippen LogP contribution is 2.36. The van der Waals surface area contributed by atoms with E-state index in [1.165, 1.54) is 37.0 Å². The first-order valence-electron chi connectivity index (χ1n) is 10.8. The Hall–Kier alpha value is -3.27. The number of ether oxygens (including phenoxy) is 3. The number of esters is 1. The molecule has 0 amide bonds. The van der Waals surface area contributed by atoms with Gasteiger partial charge in [0.05, 0.1) is 47.7 Å². The van der Waals surface area contributed by atoms with Gasteiger partial charge in [0.1, 0.15) is 5.75 Å². The monoisotopic (exact) mass is 548 g/mol. The third-order valence-electron chi connectivity index (χ3n) is 5.58. The van der Waals surface area contributed by atoms with Crippen LogP contribution in [0.4, 0.5) is 0 Å². The molecule has 188 valence electrons. The van der Waals surface area contributed by atoms with Crippen molar-refractivity contribution in [1.82, 2.24) is 4.57 Å². The van der Waals surface area contributed by atoms with Crippen molar-refractivity contribution in [2.45, 2.75) is 19.9 Å². The number of carbonyl (C=O) groups is 1. The molecule has 8 nitrogen and oxygen atoms in total. The molecule has 3 aromatic rings. The zero-order chi connectivity index (χ0) is 26.1. The third kappa shape index (κ3) is 4.61. The minimum Gasteiger partial charge on any atom is -0.506 e. The van der Waals surface area contributed by atoms with E-state index in [4.69, 9.17) is 37.4 Å². The van der Waals surface area contributed by atoms with Crippen LogP contribution in [0.2, 0.25) is 10.0 Å². The Kier molecular flexibility index (Phi) is 7.44. The number of hydrogen-bond acceptors (Lipinski definition) is 8. The molecular weight excluding hydrogens is 527 g/mol. The molecule has 11 heteroatoms. The fraction of sp³-hybridized carbons (Fsp3) is 0.240. The first-order valence-corrected chi connectivity index (χ1v) is 12.4. The summed E-state index contributed by atoms with van der Waals surface area (Å²) in [5.74, 6) is 0.160. The van der Waals surface area contributed by atoms with Gasteiger partial charge in [0.2, 0.25) is 0 Å². The third-order valence-corrected chi connectivity index (χ3v) is 7.07. The summed E-state index contributed by atoms with van der Waals surface area (Å²) < 4.78 is 17.8. The minimum absolute atomic E-state index is 0.0603. The van der Waals surface area contributed by atoms with Crippen molar-refractivity contribution in [2.75, 3.05) is 20.8 Å². The summed E-state index contributed by atoms with van der Waals surface area (Å²) in [6, 6.07) is 7.24. The maximum atomic E-state index is 13.7. The molecule has 0 saturated carbocycles. The van der Waals surface area contributed by atoms with Crippen LogP contribution in [0.15, 0.2) is 51.4 Å². The lowest BCUT2D eigenvalue weighted by Crippen LogP contribution is -2.40. The number of thiazole rings is 1. The average molecular weight is 549 g/mol. The average Bonchev–Trinajstić information content (AvgIpc) is 3.15. The van der Waals surface area contributed by atoms with E-state index >= 15 is 0 Å². The molecule has 2 heterocycles. The molecule has 1 aromatic heterocycles. The second-order valence-corrected chi connectivity index (χ2v) is 9.59. The number of methoxy groups -OCH3 is 2. The zero-order valence-electron chi connectivity index (χ0n) is 19.8. The Balaban J connectivity index is 2.00. The highest BCUT2D eigenvalue weighted by Gasteiger charge is 2.34. The van der Waals surface area contributed by atoms with E-state index in [1.54, 1.807) is 32.0 Å². The topological polar surface area (TPSA) is 99.4 Å². The fourth-order valence-electron chi connectivity index (χ4n) is 3.97.